The van der Waals surface area contributed by atoms with Gasteiger partial charge < -0.3 is 30.4 Å². The topological polar surface area (TPSA) is 137 Å². The number of aliphatic carboxylic acids is 1. The summed E-state index contributed by atoms with van der Waals surface area (Å²) < 4.78 is 15.1. The van der Waals surface area contributed by atoms with Crippen molar-refractivity contribution in [2.45, 2.75) is 43.7 Å². The number of ether oxygens (including phenoxy) is 3. The van der Waals surface area contributed by atoms with Gasteiger partial charge in [0, 0.05) is 20.6 Å². The molecule has 2 atom stereocenters. The van der Waals surface area contributed by atoms with Gasteiger partial charge in [0.25, 0.3) is 0 Å². The molecule has 1 amide bonds. The van der Waals surface area contributed by atoms with Crippen LogP contribution in [0.4, 0.5) is 4.79 Å². The maximum Gasteiger partial charge on any atom is 0.408 e. The van der Waals surface area contributed by atoms with Gasteiger partial charge in [-0.3, -0.25) is 4.79 Å². The number of rotatable bonds is 13. The molecule has 0 aromatic heterocycles. The van der Waals surface area contributed by atoms with Crippen LogP contribution in [0.2, 0.25) is 0 Å². The molecule has 0 saturated heterocycles. The van der Waals surface area contributed by atoms with E-state index in [1.807, 2.05) is 6.07 Å². The molecule has 10 heteroatoms. The van der Waals surface area contributed by atoms with Crippen molar-refractivity contribution in [2.75, 3.05) is 20.0 Å². The highest BCUT2D eigenvalue weighted by Gasteiger charge is 2.45. The van der Waals surface area contributed by atoms with Crippen molar-refractivity contribution < 1.29 is 33.7 Å². The third-order valence-electron chi connectivity index (χ3n) is 4.36. The van der Waals surface area contributed by atoms with E-state index < -0.39 is 35.7 Å². The van der Waals surface area contributed by atoms with E-state index in [0.29, 0.717) is 0 Å². The number of carbonyl (C=O) groups excluding carboxylic acids is 2. The molecular formula is C19H28N2O7S. The lowest BCUT2D eigenvalue weighted by Crippen LogP contribution is -2.62. The summed E-state index contributed by atoms with van der Waals surface area (Å²) in [5.74, 6) is -2.12. The first-order valence-corrected chi connectivity index (χ1v) is 9.62. The predicted octanol–water partition coefficient (Wildman–Crippen LogP) is 1.35. The largest absolute Gasteiger partial charge is 0.480 e. The summed E-state index contributed by atoms with van der Waals surface area (Å²) >= 11 is 4.08. The van der Waals surface area contributed by atoms with Crippen LogP contribution in [0.3, 0.4) is 0 Å². The molecule has 0 fully saturated rings. The van der Waals surface area contributed by atoms with Gasteiger partial charge in [0.05, 0.1) is 6.04 Å². The lowest BCUT2D eigenvalue weighted by molar-refractivity contribution is -0.151. The summed E-state index contributed by atoms with van der Waals surface area (Å²) in [6.45, 7) is 0.00448. The highest BCUT2D eigenvalue weighted by molar-refractivity contribution is 7.80. The predicted molar refractivity (Wildman–Crippen MR) is 109 cm³/mol. The molecule has 0 spiro atoms. The van der Waals surface area contributed by atoms with Crippen LogP contribution >= 0.6 is 12.6 Å². The molecule has 0 aliphatic heterocycles. The highest BCUT2D eigenvalue weighted by atomic mass is 32.1. The minimum Gasteiger partial charge on any atom is -0.480 e. The minimum atomic E-state index is -2.23. The molecule has 0 aliphatic rings. The fourth-order valence-corrected chi connectivity index (χ4v) is 2.89. The van der Waals surface area contributed by atoms with Gasteiger partial charge in [-0.2, -0.15) is 12.6 Å². The molecule has 0 heterocycles. The van der Waals surface area contributed by atoms with Gasteiger partial charge in [-0.15, -0.1) is 0 Å². The number of thiol groups is 1. The molecule has 0 saturated carbocycles. The molecular weight excluding hydrogens is 400 g/mol. The number of methoxy groups -OCH3 is 2. The molecule has 2 unspecified atom stereocenters. The van der Waals surface area contributed by atoms with Crippen molar-refractivity contribution in [1.82, 2.24) is 5.32 Å². The zero-order chi connectivity index (χ0) is 21.9. The third-order valence-corrected chi connectivity index (χ3v) is 4.62. The lowest BCUT2D eigenvalue weighted by atomic mass is 9.85. The average Bonchev–Trinajstić information content (AvgIpc) is 2.72. The van der Waals surface area contributed by atoms with E-state index in [-0.39, 0.29) is 31.6 Å². The van der Waals surface area contributed by atoms with Crippen molar-refractivity contribution in [3.8, 4) is 0 Å². The Bertz CT molecular complexity index is 670. The fraction of sp³-hybridized carbons (Fsp3) is 0.526. The standard InChI is InChI=1S/C19H28N2O7S/c1-26-15(27-2)8-10-19(20,17(23)24)16(22)14(9-11-29)21-18(25)28-12-13-6-4-3-5-7-13/h3-7,14-15,29H,8-12,20H2,1-2H3,(H,21,25)(H,23,24). The number of carboxylic acids is 1. The van der Waals surface area contributed by atoms with Crippen LogP contribution in [0.1, 0.15) is 24.8 Å². The van der Waals surface area contributed by atoms with Crippen molar-refractivity contribution in [1.29, 1.82) is 0 Å². The van der Waals surface area contributed by atoms with Crippen LogP contribution in [0.15, 0.2) is 30.3 Å². The van der Waals surface area contributed by atoms with Gasteiger partial charge in [0.15, 0.2) is 17.6 Å². The number of carbonyl (C=O) groups is 3. The van der Waals surface area contributed by atoms with E-state index in [2.05, 4.69) is 17.9 Å². The Morgan fingerprint density at radius 2 is 1.79 bits per heavy atom. The smallest absolute Gasteiger partial charge is 0.408 e. The van der Waals surface area contributed by atoms with Crippen LogP contribution in [0.25, 0.3) is 0 Å². The van der Waals surface area contributed by atoms with Gasteiger partial charge in [0.1, 0.15) is 6.61 Å². The maximum absolute atomic E-state index is 12.9. The van der Waals surface area contributed by atoms with Crippen LogP contribution in [0, 0.1) is 0 Å². The average molecular weight is 429 g/mol. The number of ketones is 1. The number of alkyl carbamates (subject to hydrolysis) is 1. The van der Waals surface area contributed by atoms with Crippen molar-refractivity contribution in [3.63, 3.8) is 0 Å². The monoisotopic (exact) mass is 428 g/mol. The fourth-order valence-electron chi connectivity index (χ4n) is 2.63. The second kappa shape index (κ2) is 12.4. The molecule has 29 heavy (non-hydrogen) atoms. The van der Waals surface area contributed by atoms with E-state index in [0.717, 1.165) is 5.56 Å². The Balaban J connectivity index is 2.82. The first-order valence-electron chi connectivity index (χ1n) is 8.98. The number of nitrogens with two attached hydrogens (primary N) is 1. The Labute approximate surface area is 175 Å². The van der Waals surface area contributed by atoms with E-state index in [1.165, 1.54) is 14.2 Å². The number of amides is 1. The van der Waals surface area contributed by atoms with E-state index >= 15 is 0 Å². The first kappa shape index (κ1) is 24.9. The Morgan fingerprint density at radius 1 is 1.17 bits per heavy atom. The number of nitrogens with one attached hydrogen (secondary N) is 1. The highest BCUT2D eigenvalue weighted by Crippen LogP contribution is 2.19. The van der Waals surface area contributed by atoms with Gasteiger partial charge >= 0.3 is 12.1 Å². The molecule has 1 aromatic rings. The number of Topliss-reactive ketones (excluding diaryl/α,β-unsaturated/α-hetero) is 1. The summed E-state index contributed by atoms with van der Waals surface area (Å²) in [6, 6.07) is 7.82. The third kappa shape index (κ3) is 7.65. The molecule has 4 N–H and O–H groups in total. The molecule has 0 radical (unpaired) electrons. The summed E-state index contributed by atoms with van der Waals surface area (Å²) in [5, 5.41) is 12.0. The summed E-state index contributed by atoms with van der Waals surface area (Å²) in [6.07, 6.45) is -1.64. The number of hydrogen-bond acceptors (Lipinski definition) is 8. The zero-order valence-electron chi connectivity index (χ0n) is 16.5. The van der Waals surface area contributed by atoms with Crippen LogP contribution in [-0.2, 0) is 30.4 Å². The summed E-state index contributed by atoms with van der Waals surface area (Å²) in [7, 11) is 2.78. The van der Waals surface area contributed by atoms with Crippen molar-refractivity contribution in [2.24, 2.45) is 5.73 Å². The van der Waals surface area contributed by atoms with Crippen molar-refractivity contribution in [3.05, 3.63) is 35.9 Å². The molecule has 9 nitrogen and oxygen atoms in total. The van der Waals surface area contributed by atoms with Crippen LogP contribution in [0.5, 0.6) is 0 Å². The first-order chi connectivity index (χ1) is 13.8. The Morgan fingerprint density at radius 3 is 2.31 bits per heavy atom. The number of benzene rings is 1. The second-order valence-corrected chi connectivity index (χ2v) is 6.80. The van der Waals surface area contributed by atoms with Gasteiger partial charge in [0.2, 0.25) is 0 Å². The maximum atomic E-state index is 12.9. The van der Waals surface area contributed by atoms with Gasteiger partial charge in [-0.25, -0.2) is 9.59 Å². The second-order valence-electron chi connectivity index (χ2n) is 6.35. The normalized spacial score (nSPS) is 14.1. The summed E-state index contributed by atoms with van der Waals surface area (Å²) in [4.78, 5) is 36.8. The minimum absolute atomic E-state index is 0.00448. The molecule has 1 aromatic carbocycles. The van der Waals surface area contributed by atoms with E-state index in [1.54, 1.807) is 24.3 Å². The van der Waals surface area contributed by atoms with Crippen LogP contribution in [-0.4, -0.2) is 60.8 Å². The van der Waals surface area contributed by atoms with Crippen molar-refractivity contribution >= 4 is 30.5 Å². The molecule has 0 bridgehead atoms. The molecule has 1 rings (SSSR count). The van der Waals surface area contributed by atoms with E-state index in [4.69, 9.17) is 19.9 Å². The SMILES string of the molecule is COC(CCC(N)(C(=O)O)C(=O)C(CCS)NC(=O)OCc1ccccc1)OC. The van der Waals surface area contributed by atoms with Gasteiger partial charge in [-0.05, 0) is 24.2 Å². The number of hydrogen-bond donors (Lipinski definition) is 4. The van der Waals surface area contributed by atoms with Gasteiger partial charge in [-0.1, -0.05) is 30.3 Å². The molecule has 0 aliphatic carbocycles. The quantitative estimate of drug-likeness (QED) is 0.210. The Kier molecular flexibility index (Phi) is 10.7. The Hall–Kier alpha value is -2.14. The lowest BCUT2D eigenvalue weighted by Gasteiger charge is -2.29. The zero-order valence-corrected chi connectivity index (χ0v) is 17.4. The van der Waals surface area contributed by atoms with Crippen LogP contribution < -0.4 is 11.1 Å². The van der Waals surface area contributed by atoms with E-state index in [9.17, 15) is 19.5 Å². The summed E-state index contributed by atoms with van der Waals surface area (Å²) in [5.41, 5.74) is 4.48. The number of carboxylic acid groups (broad SMARTS) is 1. The molecule has 162 valence electrons.